The van der Waals surface area contributed by atoms with Gasteiger partial charge in [-0.1, -0.05) is 57.1 Å². The number of hydrogen-bond acceptors (Lipinski definition) is 1. The molecule has 0 atom stereocenters. The molecule has 0 N–H and O–H groups in total. The van der Waals surface area contributed by atoms with E-state index >= 15 is 0 Å². The molecule has 0 aromatic rings. The van der Waals surface area contributed by atoms with Crippen LogP contribution in [0.1, 0.15) is 53.4 Å². The topological polar surface area (TPSA) is 3.24 Å². The molecule has 18 heavy (non-hydrogen) atoms. The molecule has 0 unspecified atom stereocenters. The van der Waals surface area contributed by atoms with E-state index in [1.54, 1.807) is 5.57 Å². The van der Waals surface area contributed by atoms with Gasteiger partial charge in [0.05, 0.1) is 0 Å². The fraction of sp³-hybridized carbons (Fsp3) is 0.647. The fourth-order valence-electron chi connectivity index (χ4n) is 2.35. The number of rotatable bonds is 7. The van der Waals surface area contributed by atoms with Gasteiger partial charge in [0, 0.05) is 18.8 Å². The van der Waals surface area contributed by atoms with Gasteiger partial charge in [0.25, 0.3) is 0 Å². The zero-order chi connectivity index (χ0) is 13.5. The van der Waals surface area contributed by atoms with Gasteiger partial charge in [0.15, 0.2) is 0 Å². The maximum Gasteiger partial charge on any atom is 0.0389 e. The number of nitrogens with zero attached hydrogens (tertiary/aromatic N) is 1. The monoisotopic (exact) mass is 247 g/mol. The van der Waals surface area contributed by atoms with Crippen molar-refractivity contribution in [3.63, 3.8) is 0 Å². The van der Waals surface area contributed by atoms with Crippen molar-refractivity contribution in [1.29, 1.82) is 0 Å². The van der Waals surface area contributed by atoms with E-state index in [2.05, 4.69) is 51.3 Å². The highest BCUT2D eigenvalue weighted by Gasteiger charge is 2.13. The van der Waals surface area contributed by atoms with E-state index in [4.69, 9.17) is 0 Å². The van der Waals surface area contributed by atoms with Crippen molar-refractivity contribution in [2.45, 2.75) is 53.4 Å². The van der Waals surface area contributed by atoms with E-state index < -0.39 is 0 Å². The van der Waals surface area contributed by atoms with Crippen molar-refractivity contribution in [2.24, 2.45) is 5.92 Å². The second-order valence-corrected chi connectivity index (χ2v) is 5.71. The van der Waals surface area contributed by atoms with Crippen LogP contribution in [0.15, 0.2) is 35.6 Å². The number of hydrogen-bond donors (Lipinski definition) is 0. The second kappa shape index (κ2) is 7.45. The Morgan fingerprint density at radius 1 is 1.44 bits per heavy atom. The summed E-state index contributed by atoms with van der Waals surface area (Å²) in [6, 6.07) is 0. The summed E-state index contributed by atoms with van der Waals surface area (Å²) < 4.78 is 0. The lowest BCUT2D eigenvalue weighted by molar-refractivity contribution is 0.328. The SMILES string of the molecule is C=C(C(C)C)N(CCCC)CC1=CC(C)=CCC1. The Bertz CT molecular complexity index is 334. The van der Waals surface area contributed by atoms with E-state index in [0.717, 1.165) is 13.1 Å². The summed E-state index contributed by atoms with van der Waals surface area (Å²) in [6.07, 6.45) is 9.61. The summed E-state index contributed by atoms with van der Waals surface area (Å²) >= 11 is 0. The third kappa shape index (κ3) is 4.72. The van der Waals surface area contributed by atoms with E-state index in [1.807, 2.05) is 0 Å². The average molecular weight is 247 g/mol. The quantitative estimate of drug-likeness (QED) is 0.617. The molecule has 1 aliphatic rings. The minimum absolute atomic E-state index is 0.544. The van der Waals surface area contributed by atoms with E-state index in [-0.39, 0.29) is 0 Å². The Hall–Kier alpha value is -0.980. The van der Waals surface area contributed by atoms with E-state index in [1.165, 1.54) is 37.0 Å². The van der Waals surface area contributed by atoms with Crippen molar-refractivity contribution in [3.05, 3.63) is 35.6 Å². The van der Waals surface area contributed by atoms with Crippen LogP contribution in [0.2, 0.25) is 0 Å². The third-order valence-electron chi connectivity index (χ3n) is 3.61. The Balaban J connectivity index is 2.66. The molecule has 0 heterocycles. The molecule has 1 heteroatoms. The van der Waals surface area contributed by atoms with Crippen LogP contribution in [0, 0.1) is 5.92 Å². The van der Waals surface area contributed by atoms with Gasteiger partial charge in [0.1, 0.15) is 0 Å². The molecule has 0 bridgehead atoms. The zero-order valence-corrected chi connectivity index (χ0v) is 12.6. The minimum Gasteiger partial charge on any atom is -0.371 e. The molecule has 0 radical (unpaired) electrons. The first-order chi connectivity index (χ1) is 8.54. The van der Waals surface area contributed by atoms with Crippen molar-refractivity contribution in [3.8, 4) is 0 Å². The standard InChI is InChI=1S/C17H29N/c1-6-7-11-18(16(5)14(2)3)13-17-10-8-9-15(4)12-17/h9,12,14H,5-8,10-11,13H2,1-4H3. The minimum atomic E-state index is 0.544. The molecular weight excluding hydrogens is 218 g/mol. The number of allylic oxidation sites excluding steroid dienone is 4. The van der Waals surface area contributed by atoms with Crippen molar-refractivity contribution < 1.29 is 0 Å². The maximum atomic E-state index is 4.28. The van der Waals surface area contributed by atoms with Crippen LogP contribution in [0.4, 0.5) is 0 Å². The van der Waals surface area contributed by atoms with Gasteiger partial charge in [-0.2, -0.15) is 0 Å². The Kier molecular flexibility index (Phi) is 6.24. The van der Waals surface area contributed by atoms with Gasteiger partial charge in [-0.3, -0.25) is 0 Å². The van der Waals surface area contributed by atoms with Crippen LogP contribution in [0.5, 0.6) is 0 Å². The largest absolute Gasteiger partial charge is 0.371 e. The summed E-state index contributed by atoms with van der Waals surface area (Å²) in [5.74, 6) is 0.544. The normalized spacial score (nSPS) is 15.4. The summed E-state index contributed by atoms with van der Waals surface area (Å²) in [6.45, 7) is 15.4. The molecule has 0 amide bonds. The maximum absolute atomic E-state index is 4.28. The van der Waals surface area contributed by atoms with Crippen molar-refractivity contribution in [1.82, 2.24) is 4.90 Å². The van der Waals surface area contributed by atoms with Gasteiger partial charge in [-0.05, 0) is 32.1 Å². The van der Waals surface area contributed by atoms with Crippen LogP contribution >= 0.6 is 0 Å². The van der Waals surface area contributed by atoms with Crippen molar-refractivity contribution in [2.75, 3.05) is 13.1 Å². The lowest BCUT2D eigenvalue weighted by Gasteiger charge is -2.30. The van der Waals surface area contributed by atoms with Gasteiger partial charge < -0.3 is 4.90 Å². The van der Waals surface area contributed by atoms with Crippen molar-refractivity contribution >= 4 is 0 Å². The lowest BCUT2D eigenvalue weighted by atomic mass is 9.99. The van der Waals surface area contributed by atoms with Crippen LogP contribution in [0.3, 0.4) is 0 Å². The Morgan fingerprint density at radius 3 is 2.72 bits per heavy atom. The second-order valence-electron chi connectivity index (χ2n) is 5.71. The van der Waals surface area contributed by atoms with Gasteiger partial charge >= 0.3 is 0 Å². The average Bonchev–Trinajstić information content (AvgIpc) is 2.33. The molecule has 0 fully saturated rings. The summed E-state index contributed by atoms with van der Waals surface area (Å²) in [5.41, 5.74) is 4.27. The van der Waals surface area contributed by atoms with Crippen LogP contribution in [-0.2, 0) is 0 Å². The van der Waals surface area contributed by atoms with Crippen LogP contribution in [0.25, 0.3) is 0 Å². The van der Waals surface area contributed by atoms with Gasteiger partial charge in [0.2, 0.25) is 0 Å². The van der Waals surface area contributed by atoms with Crippen LogP contribution < -0.4 is 0 Å². The molecule has 0 saturated carbocycles. The summed E-state index contributed by atoms with van der Waals surface area (Å²) in [5, 5.41) is 0. The molecule has 0 aromatic heterocycles. The van der Waals surface area contributed by atoms with Crippen LogP contribution in [-0.4, -0.2) is 18.0 Å². The Morgan fingerprint density at radius 2 is 2.17 bits per heavy atom. The first-order valence-electron chi connectivity index (χ1n) is 7.34. The number of unbranched alkanes of at least 4 members (excludes halogenated alkanes) is 1. The molecule has 1 aliphatic carbocycles. The summed E-state index contributed by atoms with van der Waals surface area (Å²) in [4.78, 5) is 2.48. The van der Waals surface area contributed by atoms with E-state index in [0.29, 0.717) is 5.92 Å². The predicted molar refractivity (Wildman–Crippen MR) is 81.5 cm³/mol. The first-order valence-corrected chi connectivity index (χ1v) is 7.34. The van der Waals surface area contributed by atoms with E-state index in [9.17, 15) is 0 Å². The molecule has 1 nitrogen and oxygen atoms in total. The molecule has 102 valence electrons. The molecular formula is C17H29N. The zero-order valence-electron chi connectivity index (χ0n) is 12.6. The molecule has 0 aliphatic heterocycles. The van der Waals surface area contributed by atoms with Gasteiger partial charge in [-0.15, -0.1) is 0 Å². The fourth-order valence-corrected chi connectivity index (χ4v) is 2.35. The smallest absolute Gasteiger partial charge is 0.0389 e. The molecule has 0 spiro atoms. The Labute approximate surface area is 113 Å². The van der Waals surface area contributed by atoms with Gasteiger partial charge in [-0.25, -0.2) is 0 Å². The summed E-state index contributed by atoms with van der Waals surface area (Å²) in [7, 11) is 0. The molecule has 0 aromatic carbocycles. The predicted octanol–water partition coefficient (Wildman–Crippen LogP) is 4.92. The lowest BCUT2D eigenvalue weighted by Crippen LogP contribution is -2.28. The third-order valence-corrected chi connectivity index (χ3v) is 3.61. The molecule has 0 saturated heterocycles. The highest BCUT2D eigenvalue weighted by molar-refractivity contribution is 5.27. The highest BCUT2D eigenvalue weighted by Crippen LogP contribution is 2.21. The first kappa shape index (κ1) is 15.1. The highest BCUT2D eigenvalue weighted by atomic mass is 15.1. The molecule has 1 rings (SSSR count).